The molecule has 2 atom stereocenters. The van der Waals surface area contributed by atoms with Gasteiger partial charge in [0.05, 0.1) is 0 Å². The molecule has 0 radical (unpaired) electrons. The Hall–Kier alpha value is -2.29. The Bertz CT molecular complexity index is 662. The van der Waals surface area contributed by atoms with Crippen molar-refractivity contribution in [2.45, 2.75) is 45.3 Å². The first-order chi connectivity index (χ1) is 11.6. The van der Waals surface area contributed by atoms with Gasteiger partial charge in [-0.2, -0.15) is 0 Å². The highest BCUT2D eigenvalue weighted by Gasteiger charge is 2.33. The number of carbonyl (C=O) groups excluding carboxylic acids is 1. The van der Waals surface area contributed by atoms with Gasteiger partial charge in [0.25, 0.3) is 5.91 Å². The van der Waals surface area contributed by atoms with Crippen molar-refractivity contribution in [1.82, 2.24) is 5.32 Å². The lowest BCUT2D eigenvalue weighted by atomic mass is 10.0. The van der Waals surface area contributed by atoms with Crippen LogP contribution >= 0.6 is 0 Å². The Morgan fingerprint density at radius 3 is 2.42 bits per heavy atom. The second-order valence-electron chi connectivity index (χ2n) is 6.72. The van der Waals surface area contributed by atoms with Gasteiger partial charge in [0.1, 0.15) is 5.75 Å². The minimum atomic E-state index is -0.496. The van der Waals surface area contributed by atoms with Gasteiger partial charge >= 0.3 is 0 Å². The van der Waals surface area contributed by atoms with Gasteiger partial charge in [0, 0.05) is 6.04 Å². The monoisotopic (exact) mass is 323 g/mol. The molecule has 3 nitrogen and oxygen atoms in total. The Labute approximate surface area is 144 Å². The summed E-state index contributed by atoms with van der Waals surface area (Å²) in [5.41, 5.74) is 2.44. The van der Waals surface area contributed by atoms with Crippen LogP contribution in [0.1, 0.15) is 30.9 Å². The molecule has 0 bridgehead atoms. The van der Waals surface area contributed by atoms with Crippen LogP contribution in [0.25, 0.3) is 0 Å². The Morgan fingerprint density at radius 2 is 1.79 bits per heavy atom. The quantitative estimate of drug-likeness (QED) is 0.839. The summed E-state index contributed by atoms with van der Waals surface area (Å²) in [6.07, 6.45) is 2.79. The normalized spacial score (nSPS) is 16.2. The van der Waals surface area contributed by atoms with E-state index >= 15 is 0 Å². The number of aryl methyl sites for hydroxylation is 1. The van der Waals surface area contributed by atoms with Crippen LogP contribution in [-0.2, 0) is 11.2 Å². The van der Waals surface area contributed by atoms with E-state index < -0.39 is 6.10 Å². The third-order valence-electron chi connectivity index (χ3n) is 4.52. The summed E-state index contributed by atoms with van der Waals surface area (Å²) < 4.78 is 5.77. The lowest BCUT2D eigenvalue weighted by Crippen LogP contribution is -2.44. The maximum absolute atomic E-state index is 12.5. The molecule has 3 heteroatoms. The van der Waals surface area contributed by atoms with E-state index in [0.29, 0.717) is 5.92 Å². The van der Waals surface area contributed by atoms with Crippen molar-refractivity contribution in [2.24, 2.45) is 5.92 Å². The third kappa shape index (κ3) is 4.60. The number of rotatable bonds is 7. The number of nitrogens with one attached hydrogen (secondary N) is 1. The van der Waals surface area contributed by atoms with Crippen LogP contribution in [-0.4, -0.2) is 18.1 Å². The summed E-state index contributed by atoms with van der Waals surface area (Å²) >= 11 is 0. The summed E-state index contributed by atoms with van der Waals surface area (Å²) in [5, 5.41) is 3.19. The van der Waals surface area contributed by atoms with Crippen LogP contribution in [0.4, 0.5) is 0 Å². The lowest BCUT2D eigenvalue weighted by Gasteiger charge is -2.22. The molecule has 3 rings (SSSR count). The first-order valence-corrected chi connectivity index (χ1v) is 8.69. The van der Waals surface area contributed by atoms with E-state index in [9.17, 15) is 4.79 Å². The van der Waals surface area contributed by atoms with Crippen molar-refractivity contribution in [3.8, 4) is 5.75 Å². The third-order valence-corrected chi connectivity index (χ3v) is 4.52. The molecule has 1 aliphatic rings. The van der Waals surface area contributed by atoms with Crippen LogP contribution in [0.5, 0.6) is 5.75 Å². The molecule has 2 unspecified atom stereocenters. The van der Waals surface area contributed by atoms with Crippen LogP contribution in [0.2, 0.25) is 0 Å². The highest BCUT2D eigenvalue weighted by Crippen LogP contribution is 2.34. The zero-order valence-corrected chi connectivity index (χ0v) is 14.4. The van der Waals surface area contributed by atoms with E-state index in [-0.39, 0.29) is 11.9 Å². The van der Waals surface area contributed by atoms with E-state index in [0.717, 1.165) is 12.2 Å². The molecule has 2 aromatic rings. The summed E-state index contributed by atoms with van der Waals surface area (Å²) in [4.78, 5) is 12.5. The molecule has 1 amide bonds. The predicted octanol–water partition coefficient (Wildman–Crippen LogP) is 3.90. The summed E-state index contributed by atoms with van der Waals surface area (Å²) in [6.45, 7) is 3.84. The van der Waals surface area contributed by atoms with Crippen molar-refractivity contribution in [1.29, 1.82) is 0 Å². The van der Waals surface area contributed by atoms with E-state index in [1.165, 1.54) is 24.0 Å². The van der Waals surface area contributed by atoms with Gasteiger partial charge in [0.2, 0.25) is 0 Å². The first-order valence-electron chi connectivity index (χ1n) is 8.69. The van der Waals surface area contributed by atoms with Gasteiger partial charge in [-0.1, -0.05) is 48.0 Å². The molecule has 2 aromatic carbocycles. The van der Waals surface area contributed by atoms with Crippen molar-refractivity contribution in [3.63, 3.8) is 0 Å². The van der Waals surface area contributed by atoms with Crippen LogP contribution < -0.4 is 10.1 Å². The van der Waals surface area contributed by atoms with E-state index in [2.05, 4.69) is 17.4 Å². The molecule has 0 spiro atoms. The topological polar surface area (TPSA) is 38.3 Å². The molecule has 0 aliphatic heterocycles. The second-order valence-corrected chi connectivity index (χ2v) is 6.72. The largest absolute Gasteiger partial charge is 0.481 e. The Morgan fingerprint density at radius 1 is 1.12 bits per heavy atom. The van der Waals surface area contributed by atoms with Crippen LogP contribution in [0.3, 0.4) is 0 Å². The van der Waals surface area contributed by atoms with Crippen molar-refractivity contribution in [2.75, 3.05) is 0 Å². The summed E-state index contributed by atoms with van der Waals surface area (Å²) in [5.74, 6) is 1.29. The number of hydrogen-bond acceptors (Lipinski definition) is 2. The number of ether oxygens (including phenoxy) is 1. The maximum atomic E-state index is 12.5. The first kappa shape index (κ1) is 16.6. The standard InChI is InChI=1S/C21H25NO2/c1-15-8-12-19(13-9-15)24-16(2)21(23)22-20(18-10-11-18)14-17-6-4-3-5-7-17/h3-9,12-13,16,18,20H,10-11,14H2,1-2H3,(H,22,23). The van der Waals surface area contributed by atoms with E-state index in [1.807, 2.05) is 56.3 Å². The number of hydrogen-bond donors (Lipinski definition) is 1. The minimum Gasteiger partial charge on any atom is -0.481 e. The summed E-state index contributed by atoms with van der Waals surface area (Å²) in [6, 6.07) is 18.3. The van der Waals surface area contributed by atoms with Gasteiger partial charge in [0.15, 0.2) is 6.10 Å². The van der Waals surface area contributed by atoms with E-state index in [1.54, 1.807) is 0 Å². The van der Waals surface area contributed by atoms with Gasteiger partial charge in [-0.25, -0.2) is 0 Å². The van der Waals surface area contributed by atoms with Gasteiger partial charge < -0.3 is 10.1 Å². The molecule has 126 valence electrons. The molecule has 0 heterocycles. The predicted molar refractivity (Wildman–Crippen MR) is 96.1 cm³/mol. The number of carbonyl (C=O) groups is 1. The lowest BCUT2D eigenvalue weighted by molar-refractivity contribution is -0.128. The Kier molecular flexibility index (Phi) is 5.19. The van der Waals surface area contributed by atoms with E-state index in [4.69, 9.17) is 4.74 Å². The molecule has 1 N–H and O–H groups in total. The smallest absolute Gasteiger partial charge is 0.261 e. The van der Waals surface area contributed by atoms with Gasteiger partial charge in [-0.15, -0.1) is 0 Å². The van der Waals surface area contributed by atoms with Crippen molar-refractivity contribution >= 4 is 5.91 Å². The average Bonchev–Trinajstić information content (AvgIpc) is 3.42. The molecule has 1 aliphatic carbocycles. The van der Waals surface area contributed by atoms with Crippen molar-refractivity contribution in [3.05, 3.63) is 65.7 Å². The fourth-order valence-electron chi connectivity index (χ4n) is 2.88. The fraction of sp³-hybridized carbons (Fsp3) is 0.381. The molecule has 0 saturated heterocycles. The second kappa shape index (κ2) is 7.52. The molecule has 24 heavy (non-hydrogen) atoms. The maximum Gasteiger partial charge on any atom is 0.261 e. The number of amides is 1. The highest BCUT2D eigenvalue weighted by molar-refractivity contribution is 5.81. The van der Waals surface area contributed by atoms with Crippen LogP contribution in [0.15, 0.2) is 54.6 Å². The zero-order chi connectivity index (χ0) is 16.9. The van der Waals surface area contributed by atoms with Gasteiger partial charge in [-0.05, 0) is 56.7 Å². The summed E-state index contributed by atoms with van der Waals surface area (Å²) in [7, 11) is 0. The number of benzene rings is 2. The van der Waals surface area contributed by atoms with Gasteiger partial charge in [-0.3, -0.25) is 4.79 Å². The Balaban J connectivity index is 1.57. The molecule has 1 fully saturated rings. The highest BCUT2D eigenvalue weighted by atomic mass is 16.5. The minimum absolute atomic E-state index is 0.0385. The SMILES string of the molecule is Cc1ccc(OC(C)C(=O)NC(Cc2ccccc2)C2CC2)cc1. The molecule has 0 aromatic heterocycles. The van der Waals surface area contributed by atoms with Crippen LogP contribution in [0, 0.1) is 12.8 Å². The van der Waals surface area contributed by atoms with Crippen molar-refractivity contribution < 1.29 is 9.53 Å². The molecular formula is C21H25NO2. The zero-order valence-electron chi connectivity index (χ0n) is 14.4. The molecular weight excluding hydrogens is 298 g/mol. The average molecular weight is 323 g/mol. The fourth-order valence-corrected chi connectivity index (χ4v) is 2.88. The molecule has 1 saturated carbocycles.